The molecule has 0 radical (unpaired) electrons. The number of carboxylic acids is 5. The van der Waals surface area contributed by atoms with E-state index in [2.05, 4.69) is 46.4 Å². The molecule has 5 atom stereocenters. The molecule has 133 heavy (non-hydrogen) atoms. The lowest BCUT2D eigenvalue weighted by atomic mass is 10.1. The van der Waals surface area contributed by atoms with Crippen LogP contribution in [0.5, 0.6) is 34.5 Å². The fraction of sp³-hybridized carbons (Fsp3) is 0.463. The maximum atomic E-state index is 12.2. The van der Waals surface area contributed by atoms with Crippen molar-refractivity contribution in [2.75, 3.05) is 33.0 Å². The maximum Gasteiger partial charge on any atom is 0.408 e. The number of nitrogens with zero attached hydrogens (tertiary/aromatic N) is 8. The fourth-order valence-electron chi connectivity index (χ4n) is 9.79. The molecule has 10 N–H and O–H groups in total. The summed E-state index contributed by atoms with van der Waals surface area (Å²) in [6.45, 7) is 30.0. The third-order valence-corrected chi connectivity index (χ3v) is 15.8. The topological polar surface area (TPSA) is 693 Å². The van der Waals surface area contributed by atoms with Crippen molar-refractivity contribution >= 4 is 106 Å². The number of rotatable bonds is 34. The smallest absolute Gasteiger partial charge is 0.408 e. The Bertz CT molecular complexity index is 5260. The maximum absolute atomic E-state index is 12.2. The van der Waals surface area contributed by atoms with Crippen LogP contribution in [0.1, 0.15) is 145 Å². The van der Waals surface area contributed by atoms with Gasteiger partial charge in [-0.25, -0.2) is 52.8 Å². The number of carbonyl (C=O) groups excluding carboxylic acids is 5. The second-order valence-corrected chi connectivity index (χ2v) is 33.0. The number of para-hydroxylation sites is 1. The number of alkyl halides is 2. The Hall–Kier alpha value is -15.6. The first-order valence-corrected chi connectivity index (χ1v) is 39.1. The van der Waals surface area contributed by atoms with Gasteiger partial charge in [0.15, 0.2) is 64.6 Å². The molecule has 1 aliphatic rings. The zero-order valence-electron chi connectivity index (χ0n) is 74.5. The van der Waals surface area contributed by atoms with Crippen LogP contribution in [0, 0.1) is 77.9 Å². The van der Waals surface area contributed by atoms with E-state index in [1.807, 2.05) is 0 Å². The van der Waals surface area contributed by atoms with Gasteiger partial charge in [-0.1, -0.05) is 23.7 Å². The molecule has 0 unspecified atom stereocenters. The van der Waals surface area contributed by atoms with Crippen LogP contribution in [0.3, 0.4) is 0 Å². The summed E-state index contributed by atoms with van der Waals surface area (Å²) in [4.78, 5) is 170. The number of carboxylic acid groups (broad SMARTS) is 5. The van der Waals surface area contributed by atoms with Crippen molar-refractivity contribution in [1.82, 2.24) is 36.8 Å². The normalized spacial score (nSPS) is 12.7. The highest BCUT2D eigenvalue weighted by Crippen LogP contribution is 2.44. The van der Waals surface area contributed by atoms with Gasteiger partial charge in [-0.15, -0.1) is 10.2 Å². The Kier molecular flexibility index (Phi) is 41.3. The summed E-state index contributed by atoms with van der Waals surface area (Å²) in [6, 6.07) is 8.73. The van der Waals surface area contributed by atoms with Crippen molar-refractivity contribution in [3.05, 3.63) is 168 Å². The van der Waals surface area contributed by atoms with Gasteiger partial charge in [-0.05, 0) is 196 Å². The average molecular weight is 1910 g/mol. The lowest BCUT2D eigenvalue weighted by molar-refractivity contribution is -0.386. The Morgan fingerprint density at radius 1 is 0.451 bits per heavy atom. The molecule has 5 aromatic carbocycles. The van der Waals surface area contributed by atoms with Crippen LogP contribution in [-0.4, -0.2) is 219 Å². The lowest BCUT2D eigenvalue weighted by Crippen LogP contribution is -2.46. The molecule has 53 heteroatoms. The van der Waals surface area contributed by atoms with Gasteiger partial charge in [0, 0.05) is 30.7 Å². The molecule has 0 saturated heterocycles. The molecule has 1 heterocycles. The third-order valence-electron chi connectivity index (χ3n) is 15.5. The van der Waals surface area contributed by atoms with E-state index in [9.17, 15) is 123 Å². The largest absolute Gasteiger partial charge is 0.484 e. The summed E-state index contributed by atoms with van der Waals surface area (Å²) in [5.41, 5.74) is -4.13. The first kappa shape index (κ1) is 112. The Morgan fingerprint density at radius 3 is 1.11 bits per heavy atom. The van der Waals surface area contributed by atoms with Gasteiger partial charge >= 0.3 is 95.4 Å². The van der Waals surface area contributed by atoms with Crippen molar-refractivity contribution in [3.8, 4) is 46.0 Å². The van der Waals surface area contributed by atoms with Crippen LogP contribution in [0.2, 0.25) is 5.02 Å². The fourth-order valence-corrected chi connectivity index (χ4v) is 10.0. The molecule has 7 rings (SSSR count). The van der Waals surface area contributed by atoms with Crippen molar-refractivity contribution in [2.24, 2.45) is 0 Å². The van der Waals surface area contributed by atoms with Crippen LogP contribution in [0.4, 0.5) is 66.9 Å². The van der Waals surface area contributed by atoms with Gasteiger partial charge < -0.3 is 109 Å². The number of carbonyl (C=O) groups is 10. The van der Waals surface area contributed by atoms with Crippen molar-refractivity contribution in [3.63, 3.8) is 0 Å². The first-order valence-electron chi connectivity index (χ1n) is 38.7. The number of hydrogen-bond acceptors (Lipinski definition) is 34. The van der Waals surface area contributed by atoms with Crippen LogP contribution in [0.15, 0.2) is 83.3 Å². The average Bonchev–Trinajstić information content (AvgIpc) is 1.62. The minimum atomic E-state index is -3.18. The first-order chi connectivity index (χ1) is 61.3. The van der Waals surface area contributed by atoms with Crippen molar-refractivity contribution in [1.29, 1.82) is 0 Å². The number of alkyl carbamates (subject to hydrolysis) is 5. The van der Waals surface area contributed by atoms with E-state index >= 15 is 0 Å². The SMILES string of the molecule is CC(C)(C)OC(=O)N[C@@H](COc1cc(C2CC2)ccc1[N+](=O)[O-])C(=O)O.CC(C)(C)OC(=O)N[C@@H](COc1ccc(OC(F)F)cc1[N+](=O)[O-])C(=O)O.CC(C)(C)OC(=O)N[C@@H](COc1cccc(Cl)c1[N+](=O)[O-])C(=O)O.Cc1nnc(-c2cc([N+](=O)[O-])c(OC[C@H](NC(=O)OC(C)(C)C)C(=O)O)cc2C)o1.[C-]#[N+]c1cc([N+](=O)[O-])c(OC[C@H](NC(=O)OC(C)(C)C)C(=O)O)cc1C. The highest BCUT2D eigenvalue weighted by Gasteiger charge is 2.35. The van der Waals surface area contributed by atoms with E-state index in [-0.39, 0.29) is 51.0 Å². The predicted molar refractivity (Wildman–Crippen MR) is 454 cm³/mol. The zero-order chi connectivity index (χ0) is 101. The highest BCUT2D eigenvalue weighted by molar-refractivity contribution is 6.33. The number of hydrogen-bond donors (Lipinski definition) is 10. The molecule has 0 bridgehead atoms. The van der Waals surface area contributed by atoms with Gasteiger partial charge in [-0.2, -0.15) is 8.78 Å². The van der Waals surface area contributed by atoms with E-state index in [0.29, 0.717) is 34.6 Å². The second kappa shape index (κ2) is 49.2. The molecule has 1 fully saturated rings. The van der Waals surface area contributed by atoms with Gasteiger partial charge in [0.1, 0.15) is 71.8 Å². The summed E-state index contributed by atoms with van der Waals surface area (Å²) in [5.74, 6) is -7.67. The standard InChI is InChI=1S/C18H22N4O8.C17H22N2O7.C16H19N3O7.C15H18F2N2O8.C14H17ClN2O7/c1-9-6-14(13(22(26)27)7-11(9)15-21-20-10(2)29-15)28-8-12(16(23)24)19-17(25)30-18(3,4)5;1-17(2,3)26-16(22)18-12(15(20)21)9-25-14-8-11(10-4-5-10)6-7-13(14)19(23)24;1-9-6-13(12(19(23)24)7-10(9)17-5)25-8-11(14(20)21)18-15(22)26-16(2,3)4;1-15(2,3)27-14(22)18-9(12(20)21)7-25-11-5-4-8(26-13(16)17)6-10(11)19(23)24;1-14(2,3)24-13(20)16-9(12(18)19)7-23-10-6-4-5-8(15)11(10)17(21)22/h6-7,12H,8H2,1-5H3,(H,19,25)(H,23,24);6-8,10,12H,4-5,9H2,1-3H3,(H,18,22)(H,20,21);6-7,11H,8H2,1-4H3,(H,18,22)(H,20,21);4-6,9,13H,7H2,1-3H3,(H,18,22)(H,20,21);4-6,9H,7H2,1-3H3,(H,16,20)(H,18,19)/t2*12-;11-;2*9-/m00000/s1. The number of amides is 5. The third kappa shape index (κ3) is 41.1. The number of nitrogens with one attached hydrogen (secondary N) is 5. The van der Waals surface area contributed by atoms with Crippen LogP contribution in [-0.2, 0) is 47.7 Å². The van der Waals surface area contributed by atoms with E-state index in [0.717, 1.165) is 36.6 Å². The number of benzene rings is 5. The predicted octanol–water partition coefficient (Wildman–Crippen LogP) is 13.4. The van der Waals surface area contributed by atoms with Gasteiger partial charge in [0.05, 0.1) is 37.3 Å². The van der Waals surface area contributed by atoms with Gasteiger partial charge in [0.25, 0.3) is 0 Å². The second-order valence-electron chi connectivity index (χ2n) is 32.6. The molecule has 1 aliphatic carbocycles. The molecule has 5 amide bonds. The summed E-state index contributed by atoms with van der Waals surface area (Å²) in [5, 5.41) is 120. The summed E-state index contributed by atoms with van der Waals surface area (Å²) in [7, 11) is 0. The van der Waals surface area contributed by atoms with Crippen molar-refractivity contribution < 1.29 is 163 Å². The Labute approximate surface area is 759 Å². The van der Waals surface area contributed by atoms with Crippen LogP contribution in [0.25, 0.3) is 16.3 Å². The van der Waals surface area contributed by atoms with E-state index < -0.39 is 211 Å². The summed E-state index contributed by atoms with van der Waals surface area (Å²) >= 11 is 5.73. The molecule has 6 aromatic rings. The highest BCUT2D eigenvalue weighted by atomic mass is 35.5. The molecule has 50 nitrogen and oxygen atoms in total. The number of nitro benzene ring substituents is 5. The van der Waals surface area contributed by atoms with E-state index in [1.165, 1.54) is 42.5 Å². The van der Waals surface area contributed by atoms with Gasteiger partial charge in [0.2, 0.25) is 11.8 Å². The quantitative estimate of drug-likeness (QED) is 0.00776. The van der Waals surface area contributed by atoms with Crippen LogP contribution < -0.4 is 55.0 Å². The Morgan fingerprint density at radius 2 is 0.789 bits per heavy atom. The minimum absolute atomic E-state index is 0.0170. The molecular formula is C80H98ClF2N13O37. The number of ether oxygens (including phenoxy) is 11. The molecule has 726 valence electrons. The molecule has 1 saturated carbocycles. The molecule has 1 aromatic heterocycles. The number of halogens is 3. The van der Waals surface area contributed by atoms with E-state index in [1.54, 1.807) is 137 Å². The van der Waals surface area contributed by atoms with Crippen molar-refractivity contribution in [2.45, 2.75) is 208 Å². The van der Waals surface area contributed by atoms with Crippen LogP contribution >= 0.6 is 11.6 Å². The zero-order valence-corrected chi connectivity index (χ0v) is 75.3. The number of aliphatic carboxylic acids is 5. The van der Waals surface area contributed by atoms with Gasteiger partial charge in [-0.3, -0.25) is 50.6 Å². The number of aryl methyl sites for hydroxylation is 3. The lowest BCUT2D eigenvalue weighted by Gasteiger charge is -2.22. The molecular weight excluding hydrogens is 1810 g/mol. The molecule has 0 spiro atoms. The Balaban J connectivity index is 0.000000429. The number of nitro groups is 5. The monoisotopic (exact) mass is 1910 g/mol. The summed E-state index contributed by atoms with van der Waals surface area (Å²) in [6.07, 6.45) is -2.76. The minimum Gasteiger partial charge on any atom is -0.484 e. The van der Waals surface area contributed by atoms with E-state index in [4.69, 9.17) is 80.2 Å². The number of aromatic nitrogens is 2. The molecule has 0 aliphatic heterocycles. The summed E-state index contributed by atoms with van der Waals surface area (Å²) < 4.78 is 84.9.